The van der Waals surface area contributed by atoms with E-state index in [4.69, 9.17) is 5.73 Å². The molecule has 1 atom stereocenters. The van der Waals surface area contributed by atoms with Crippen LogP contribution in [0.4, 0.5) is 8.78 Å². The van der Waals surface area contributed by atoms with Crippen molar-refractivity contribution in [1.82, 2.24) is 10.3 Å². The maximum atomic E-state index is 13.5. The number of thiazole rings is 1. The summed E-state index contributed by atoms with van der Waals surface area (Å²) >= 11 is 1.33. The molecule has 0 bridgehead atoms. The van der Waals surface area contributed by atoms with Gasteiger partial charge in [-0.1, -0.05) is 19.9 Å². The van der Waals surface area contributed by atoms with Crippen LogP contribution in [0.5, 0.6) is 0 Å². The fourth-order valence-corrected chi connectivity index (χ4v) is 2.92. The lowest BCUT2D eigenvalue weighted by Crippen LogP contribution is -2.24. The second-order valence-electron chi connectivity index (χ2n) is 5.73. The maximum absolute atomic E-state index is 13.5. The third-order valence-electron chi connectivity index (χ3n) is 3.25. The average Bonchev–Trinajstić information content (AvgIpc) is 2.95. The zero-order chi connectivity index (χ0) is 17.0. The first-order valence-corrected chi connectivity index (χ1v) is 8.18. The normalized spacial score (nSPS) is 12.4. The van der Waals surface area contributed by atoms with Crippen LogP contribution in [0.1, 0.15) is 47.4 Å². The number of amides is 1. The zero-order valence-corrected chi connectivity index (χ0v) is 13.8. The Labute approximate surface area is 137 Å². The van der Waals surface area contributed by atoms with Crippen LogP contribution >= 0.6 is 11.3 Å². The summed E-state index contributed by atoms with van der Waals surface area (Å²) in [6, 6.07) is 3.04. The quantitative estimate of drug-likeness (QED) is 0.847. The third kappa shape index (κ3) is 4.80. The number of hydrogen-bond acceptors (Lipinski definition) is 4. The van der Waals surface area contributed by atoms with Gasteiger partial charge in [-0.3, -0.25) is 4.79 Å². The highest BCUT2D eigenvalue weighted by molar-refractivity contribution is 7.09. The van der Waals surface area contributed by atoms with Crippen molar-refractivity contribution in [3.05, 3.63) is 51.5 Å². The van der Waals surface area contributed by atoms with Crippen LogP contribution in [0, 0.1) is 17.6 Å². The number of nitrogens with one attached hydrogen (secondary N) is 1. The lowest BCUT2D eigenvalue weighted by atomic mass is 10.1. The average molecular weight is 339 g/mol. The molecule has 0 saturated carbocycles. The Morgan fingerprint density at radius 3 is 2.78 bits per heavy atom. The van der Waals surface area contributed by atoms with Crippen molar-refractivity contribution in [2.45, 2.75) is 32.9 Å². The minimum absolute atomic E-state index is 0.0319. The van der Waals surface area contributed by atoms with E-state index in [1.165, 1.54) is 17.4 Å². The van der Waals surface area contributed by atoms with Gasteiger partial charge < -0.3 is 11.1 Å². The van der Waals surface area contributed by atoms with Crippen molar-refractivity contribution >= 4 is 17.2 Å². The van der Waals surface area contributed by atoms with E-state index in [0.717, 1.165) is 18.6 Å². The number of hydrogen-bond donors (Lipinski definition) is 2. The first kappa shape index (κ1) is 17.5. The smallest absolute Gasteiger partial charge is 0.271 e. The van der Waals surface area contributed by atoms with Gasteiger partial charge in [0.15, 0.2) is 0 Å². The van der Waals surface area contributed by atoms with Gasteiger partial charge in [-0.25, -0.2) is 13.8 Å². The van der Waals surface area contributed by atoms with Gasteiger partial charge in [0.25, 0.3) is 5.91 Å². The lowest BCUT2D eigenvalue weighted by Gasteiger charge is -2.10. The van der Waals surface area contributed by atoms with Crippen LogP contribution in [-0.2, 0) is 6.54 Å². The van der Waals surface area contributed by atoms with E-state index in [0.29, 0.717) is 10.9 Å². The van der Waals surface area contributed by atoms with Crippen molar-refractivity contribution < 1.29 is 13.6 Å². The zero-order valence-electron chi connectivity index (χ0n) is 13.0. The van der Waals surface area contributed by atoms with E-state index in [2.05, 4.69) is 24.1 Å². The van der Waals surface area contributed by atoms with Gasteiger partial charge in [-0.15, -0.1) is 11.3 Å². The van der Waals surface area contributed by atoms with E-state index in [1.54, 1.807) is 5.38 Å². The summed E-state index contributed by atoms with van der Waals surface area (Å²) in [6.45, 7) is 4.10. The number of nitrogens with zero attached hydrogens (tertiary/aromatic N) is 1. The Hall–Kier alpha value is -1.86. The van der Waals surface area contributed by atoms with Crippen LogP contribution in [0.25, 0.3) is 0 Å². The predicted octanol–water partition coefficient (Wildman–Crippen LogP) is 3.40. The molecule has 4 nitrogen and oxygen atoms in total. The largest absolute Gasteiger partial charge is 0.346 e. The second kappa shape index (κ2) is 7.61. The molecule has 1 aromatic heterocycles. The fraction of sp³-hybridized carbons (Fsp3) is 0.375. The third-order valence-corrected chi connectivity index (χ3v) is 4.23. The van der Waals surface area contributed by atoms with Gasteiger partial charge in [-0.2, -0.15) is 0 Å². The summed E-state index contributed by atoms with van der Waals surface area (Å²) in [4.78, 5) is 16.3. The number of nitrogens with two attached hydrogens (primary N) is 1. The molecule has 0 spiro atoms. The molecule has 7 heteroatoms. The van der Waals surface area contributed by atoms with E-state index in [1.807, 2.05) is 0 Å². The molecule has 1 unspecified atom stereocenters. The molecule has 0 radical (unpaired) electrons. The highest BCUT2D eigenvalue weighted by atomic mass is 32.1. The highest BCUT2D eigenvalue weighted by Gasteiger charge is 2.16. The summed E-state index contributed by atoms with van der Waals surface area (Å²) in [5, 5.41) is 4.91. The van der Waals surface area contributed by atoms with E-state index in [9.17, 15) is 13.6 Å². The van der Waals surface area contributed by atoms with Gasteiger partial charge in [0.2, 0.25) is 0 Å². The topological polar surface area (TPSA) is 68.0 Å². The summed E-state index contributed by atoms with van der Waals surface area (Å²) in [5.41, 5.74) is 6.51. The first-order chi connectivity index (χ1) is 10.9. The summed E-state index contributed by atoms with van der Waals surface area (Å²) in [6.07, 6.45) is 0.787. The molecule has 0 aliphatic heterocycles. The number of carbonyl (C=O) groups is 1. The van der Waals surface area contributed by atoms with Crippen molar-refractivity contribution in [2.24, 2.45) is 11.7 Å². The van der Waals surface area contributed by atoms with Crippen molar-refractivity contribution in [1.29, 1.82) is 0 Å². The Morgan fingerprint density at radius 2 is 2.13 bits per heavy atom. The van der Waals surface area contributed by atoms with Crippen LogP contribution in [0.3, 0.4) is 0 Å². The number of benzene rings is 1. The molecular formula is C16H19F2N3OS. The molecule has 23 heavy (non-hydrogen) atoms. The predicted molar refractivity (Wildman–Crippen MR) is 86.0 cm³/mol. The molecular weight excluding hydrogens is 320 g/mol. The molecule has 0 fully saturated rings. The maximum Gasteiger partial charge on any atom is 0.271 e. The van der Waals surface area contributed by atoms with E-state index in [-0.39, 0.29) is 23.8 Å². The monoisotopic (exact) mass is 339 g/mol. The Kier molecular flexibility index (Phi) is 5.79. The summed E-state index contributed by atoms with van der Waals surface area (Å²) < 4.78 is 26.3. The van der Waals surface area contributed by atoms with Crippen molar-refractivity contribution in [3.63, 3.8) is 0 Å². The Bertz CT molecular complexity index is 688. The fourth-order valence-electron chi connectivity index (χ4n) is 2.10. The molecule has 2 rings (SSSR count). The summed E-state index contributed by atoms with van der Waals surface area (Å²) in [7, 11) is 0. The van der Waals surface area contributed by atoms with Crippen LogP contribution < -0.4 is 11.1 Å². The highest BCUT2D eigenvalue weighted by Crippen LogP contribution is 2.22. The molecule has 0 aliphatic rings. The molecule has 2 aromatic rings. The number of halogens is 2. The van der Waals surface area contributed by atoms with E-state index >= 15 is 0 Å². The van der Waals surface area contributed by atoms with Gasteiger partial charge in [0.1, 0.15) is 22.3 Å². The number of carbonyl (C=O) groups excluding carboxylic acids is 1. The SMILES string of the molecule is CC(C)CC(N)c1nc(C(=O)NCc2ccc(F)cc2F)cs1. The van der Waals surface area contributed by atoms with Crippen LogP contribution in [0.2, 0.25) is 0 Å². The van der Waals surface area contributed by atoms with Gasteiger partial charge in [0, 0.05) is 23.6 Å². The first-order valence-electron chi connectivity index (χ1n) is 7.30. The molecule has 0 aliphatic carbocycles. The Balaban J connectivity index is 1.97. The van der Waals surface area contributed by atoms with Crippen molar-refractivity contribution in [2.75, 3.05) is 0 Å². The minimum Gasteiger partial charge on any atom is -0.346 e. The van der Waals surface area contributed by atoms with Crippen LogP contribution in [-0.4, -0.2) is 10.9 Å². The lowest BCUT2D eigenvalue weighted by molar-refractivity contribution is 0.0946. The van der Waals surface area contributed by atoms with Gasteiger partial charge in [-0.05, 0) is 18.4 Å². The summed E-state index contributed by atoms with van der Waals surface area (Å²) in [5.74, 6) is -1.32. The standard InChI is InChI=1S/C16H19F2N3OS/c1-9(2)5-13(19)16-21-14(8-23-16)15(22)20-7-10-3-4-11(17)6-12(10)18/h3-4,6,8-9,13H,5,7,19H2,1-2H3,(H,20,22). The van der Waals surface area contributed by atoms with Crippen LogP contribution in [0.15, 0.2) is 23.6 Å². The number of rotatable bonds is 6. The molecule has 1 heterocycles. The second-order valence-corrected chi connectivity index (χ2v) is 6.62. The molecule has 124 valence electrons. The molecule has 0 saturated heterocycles. The Morgan fingerprint density at radius 1 is 1.39 bits per heavy atom. The molecule has 3 N–H and O–H groups in total. The minimum atomic E-state index is -0.691. The molecule has 1 amide bonds. The van der Waals surface area contributed by atoms with Gasteiger partial charge >= 0.3 is 0 Å². The van der Waals surface area contributed by atoms with E-state index < -0.39 is 17.5 Å². The van der Waals surface area contributed by atoms with Gasteiger partial charge in [0.05, 0.1) is 6.04 Å². The number of aromatic nitrogens is 1. The van der Waals surface area contributed by atoms with Crippen molar-refractivity contribution in [3.8, 4) is 0 Å². The molecule has 1 aromatic carbocycles.